The predicted molar refractivity (Wildman–Crippen MR) is 73.9 cm³/mol. The molecule has 0 radical (unpaired) electrons. The van der Waals surface area contributed by atoms with Gasteiger partial charge in [0.1, 0.15) is 0 Å². The van der Waals surface area contributed by atoms with Crippen LogP contribution in [0.25, 0.3) is 10.8 Å². The van der Waals surface area contributed by atoms with Crippen LogP contribution in [0.5, 0.6) is 0 Å². The van der Waals surface area contributed by atoms with Gasteiger partial charge in [0, 0.05) is 0 Å². The van der Waals surface area contributed by atoms with Gasteiger partial charge in [-0.2, -0.15) is 0 Å². The van der Waals surface area contributed by atoms with E-state index in [0.29, 0.717) is 5.69 Å². The molecular weight excluding hydrogens is 258 g/mol. The van der Waals surface area contributed by atoms with E-state index < -0.39 is 12.1 Å². The first-order valence-corrected chi connectivity index (χ1v) is 6.31. The molecule has 0 aliphatic carbocycles. The van der Waals surface area contributed by atoms with Crippen molar-refractivity contribution in [3.8, 4) is 0 Å². The third-order valence-electron chi connectivity index (χ3n) is 3.49. The minimum atomic E-state index is -1.08. The lowest BCUT2D eigenvalue weighted by Crippen LogP contribution is -2.27. The quantitative estimate of drug-likeness (QED) is 0.870. The second kappa shape index (κ2) is 4.61. The Labute approximate surface area is 115 Å². The highest BCUT2D eigenvalue weighted by Crippen LogP contribution is 2.30. The molecule has 1 amide bonds. The van der Waals surface area contributed by atoms with E-state index in [4.69, 9.17) is 0 Å². The molecule has 0 bridgehead atoms. The highest BCUT2D eigenvalue weighted by molar-refractivity contribution is 6.07. The van der Waals surface area contributed by atoms with E-state index in [0.717, 1.165) is 10.8 Å². The number of aliphatic hydroxyl groups excluding tert-OH is 1. The highest BCUT2D eigenvalue weighted by Gasteiger charge is 2.31. The van der Waals surface area contributed by atoms with Gasteiger partial charge < -0.3 is 15.1 Å². The molecule has 1 atom stereocenters. The van der Waals surface area contributed by atoms with Crippen molar-refractivity contribution < 1.29 is 19.8 Å². The second-order valence-electron chi connectivity index (χ2n) is 4.88. The normalized spacial score (nSPS) is 18.8. The molecule has 0 aromatic heterocycles. The van der Waals surface area contributed by atoms with Gasteiger partial charge in [-0.3, -0.25) is 4.79 Å². The van der Waals surface area contributed by atoms with Gasteiger partial charge in [-0.1, -0.05) is 24.3 Å². The lowest BCUT2D eigenvalue weighted by molar-refractivity contribution is -0.117. The first-order chi connectivity index (χ1) is 9.56. The molecule has 102 valence electrons. The number of nitrogens with zero attached hydrogens (tertiary/aromatic N) is 1. The van der Waals surface area contributed by atoms with Crippen molar-refractivity contribution in [3.05, 3.63) is 42.0 Å². The number of hydrogen-bond donors (Lipinski definition) is 2. The van der Waals surface area contributed by atoms with Crippen LogP contribution in [0, 0.1) is 0 Å². The van der Waals surface area contributed by atoms with E-state index in [1.807, 2.05) is 24.3 Å². The van der Waals surface area contributed by atoms with Gasteiger partial charge in [-0.15, -0.1) is 0 Å². The molecule has 5 heteroatoms. The number of benzene rings is 2. The molecule has 0 saturated carbocycles. The average molecular weight is 271 g/mol. The van der Waals surface area contributed by atoms with E-state index in [9.17, 15) is 19.8 Å². The zero-order valence-electron chi connectivity index (χ0n) is 10.6. The molecule has 1 saturated heterocycles. The standard InChI is InChI=1S/C15H13NO4/c17-11-7-14(18)16(8-11)13-6-10-4-2-1-3-9(10)5-12(13)15(19)20/h1-6,11,17H,7-8H2,(H,19,20). The Balaban J connectivity index is 2.20. The molecule has 1 aliphatic heterocycles. The van der Waals surface area contributed by atoms with Gasteiger partial charge in [0.2, 0.25) is 5.91 Å². The van der Waals surface area contributed by atoms with Crippen LogP contribution in [0.4, 0.5) is 5.69 Å². The molecule has 2 N–H and O–H groups in total. The number of aliphatic hydroxyl groups is 1. The predicted octanol–water partition coefficient (Wildman–Crippen LogP) is 1.64. The fraction of sp³-hybridized carbons (Fsp3) is 0.200. The Morgan fingerprint density at radius 2 is 1.85 bits per heavy atom. The average Bonchev–Trinajstić information content (AvgIpc) is 2.76. The number of anilines is 1. The summed E-state index contributed by atoms with van der Waals surface area (Å²) in [6.07, 6.45) is -0.707. The third-order valence-corrected chi connectivity index (χ3v) is 3.49. The molecular formula is C15H13NO4. The fourth-order valence-corrected chi connectivity index (χ4v) is 2.54. The van der Waals surface area contributed by atoms with Gasteiger partial charge in [-0.05, 0) is 22.9 Å². The van der Waals surface area contributed by atoms with Crippen LogP contribution in [0.3, 0.4) is 0 Å². The number of carbonyl (C=O) groups excluding carboxylic acids is 1. The smallest absolute Gasteiger partial charge is 0.337 e. The summed E-state index contributed by atoms with van der Waals surface area (Å²) in [6.45, 7) is 0.136. The summed E-state index contributed by atoms with van der Waals surface area (Å²) in [7, 11) is 0. The first kappa shape index (κ1) is 12.6. The number of rotatable bonds is 2. The summed E-state index contributed by atoms with van der Waals surface area (Å²) in [5.74, 6) is -1.34. The van der Waals surface area contributed by atoms with E-state index in [1.165, 1.54) is 4.90 Å². The zero-order valence-corrected chi connectivity index (χ0v) is 10.6. The molecule has 2 aromatic carbocycles. The summed E-state index contributed by atoms with van der Waals surface area (Å²) in [5.41, 5.74) is 0.420. The topological polar surface area (TPSA) is 77.8 Å². The van der Waals surface area contributed by atoms with E-state index >= 15 is 0 Å². The molecule has 1 unspecified atom stereocenters. The Morgan fingerprint density at radius 1 is 1.20 bits per heavy atom. The number of β-amino-alcohol motifs (C(OH)–C–C–N with tert-alkyl or cyclic N) is 1. The van der Waals surface area contributed by atoms with Crippen LogP contribution in [-0.2, 0) is 4.79 Å². The number of carboxylic acid groups (broad SMARTS) is 1. The van der Waals surface area contributed by atoms with Gasteiger partial charge in [-0.25, -0.2) is 4.79 Å². The molecule has 3 rings (SSSR count). The monoisotopic (exact) mass is 271 g/mol. The molecule has 20 heavy (non-hydrogen) atoms. The van der Waals surface area contributed by atoms with Crippen LogP contribution in [-0.4, -0.2) is 34.7 Å². The summed E-state index contributed by atoms with van der Waals surface area (Å²) >= 11 is 0. The Bertz CT molecular complexity index is 710. The number of aromatic carboxylic acids is 1. The van der Waals surface area contributed by atoms with Gasteiger partial charge >= 0.3 is 5.97 Å². The van der Waals surface area contributed by atoms with Crippen LogP contribution in [0.15, 0.2) is 36.4 Å². The van der Waals surface area contributed by atoms with Crippen molar-refractivity contribution >= 4 is 28.3 Å². The first-order valence-electron chi connectivity index (χ1n) is 6.31. The Kier molecular flexibility index (Phi) is 2.91. The number of fused-ring (bicyclic) bond motifs is 1. The molecule has 2 aromatic rings. The largest absolute Gasteiger partial charge is 0.478 e. The molecule has 0 spiro atoms. The summed E-state index contributed by atoms with van der Waals surface area (Å²) in [4.78, 5) is 24.6. The minimum Gasteiger partial charge on any atom is -0.478 e. The van der Waals surface area contributed by atoms with E-state index in [1.54, 1.807) is 12.1 Å². The minimum absolute atomic E-state index is 0.0336. The summed E-state index contributed by atoms with van der Waals surface area (Å²) < 4.78 is 0. The van der Waals surface area contributed by atoms with Crippen LogP contribution >= 0.6 is 0 Å². The van der Waals surface area contributed by atoms with E-state index in [2.05, 4.69) is 0 Å². The van der Waals surface area contributed by atoms with Crippen LogP contribution in [0.2, 0.25) is 0 Å². The highest BCUT2D eigenvalue weighted by atomic mass is 16.4. The Morgan fingerprint density at radius 3 is 2.40 bits per heavy atom. The lowest BCUT2D eigenvalue weighted by Gasteiger charge is -2.19. The molecule has 1 fully saturated rings. The van der Waals surface area contributed by atoms with Crippen molar-refractivity contribution in [2.24, 2.45) is 0 Å². The van der Waals surface area contributed by atoms with E-state index in [-0.39, 0.29) is 24.4 Å². The number of amides is 1. The second-order valence-corrected chi connectivity index (χ2v) is 4.88. The summed E-state index contributed by atoms with van der Waals surface area (Å²) in [6, 6.07) is 10.6. The van der Waals surface area contributed by atoms with Crippen LogP contribution in [0.1, 0.15) is 16.8 Å². The van der Waals surface area contributed by atoms with Gasteiger partial charge in [0.15, 0.2) is 0 Å². The van der Waals surface area contributed by atoms with Crippen molar-refractivity contribution in [1.29, 1.82) is 0 Å². The number of carbonyl (C=O) groups is 2. The SMILES string of the molecule is O=C(O)c1cc2ccccc2cc1N1CC(O)CC1=O. The summed E-state index contributed by atoms with van der Waals surface area (Å²) in [5, 5.41) is 20.6. The maximum Gasteiger partial charge on any atom is 0.337 e. The molecule has 1 aliphatic rings. The van der Waals surface area contributed by atoms with Crippen LogP contribution < -0.4 is 4.90 Å². The number of hydrogen-bond acceptors (Lipinski definition) is 3. The maximum atomic E-state index is 11.9. The third kappa shape index (κ3) is 2.02. The molecule has 1 heterocycles. The molecule has 5 nitrogen and oxygen atoms in total. The zero-order chi connectivity index (χ0) is 14.3. The van der Waals surface area contributed by atoms with Crippen molar-refractivity contribution in [1.82, 2.24) is 0 Å². The maximum absolute atomic E-state index is 11.9. The van der Waals surface area contributed by atoms with Crippen molar-refractivity contribution in [2.75, 3.05) is 11.4 Å². The fourth-order valence-electron chi connectivity index (χ4n) is 2.54. The van der Waals surface area contributed by atoms with Gasteiger partial charge in [0.25, 0.3) is 0 Å². The lowest BCUT2D eigenvalue weighted by atomic mass is 10.0. The number of carboxylic acids is 1. The van der Waals surface area contributed by atoms with Gasteiger partial charge in [0.05, 0.1) is 30.3 Å². The van der Waals surface area contributed by atoms with Crippen molar-refractivity contribution in [2.45, 2.75) is 12.5 Å². The van der Waals surface area contributed by atoms with Crippen molar-refractivity contribution in [3.63, 3.8) is 0 Å². The Hall–Kier alpha value is -2.40.